The molecule has 0 atom stereocenters. The van der Waals surface area contributed by atoms with Gasteiger partial charge in [0, 0.05) is 12.3 Å². The number of aromatic nitrogens is 2. The lowest BCUT2D eigenvalue weighted by atomic mass is 9.92. The summed E-state index contributed by atoms with van der Waals surface area (Å²) in [7, 11) is -3.89. The highest BCUT2D eigenvalue weighted by molar-refractivity contribution is 7.90. The van der Waals surface area contributed by atoms with Crippen LogP contribution in [0.15, 0.2) is 17.4 Å². The molecule has 0 aliphatic rings. The van der Waals surface area contributed by atoms with E-state index in [-0.39, 0.29) is 10.4 Å². The number of nitrogens with zero attached hydrogens (tertiary/aromatic N) is 2. The molecule has 0 saturated carbocycles. The number of hydrogen-bond donors (Lipinski definition) is 1. The fourth-order valence-electron chi connectivity index (χ4n) is 1.14. The summed E-state index contributed by atoms with van der Waals surface area (Å²) >= 11 is 0. The Kier molecular flexibility index (Phi) is 3.51. The van der Waals surface area contributed by atoms with Crippen LogP contribution in [0.5, 0.6) is 0 Å². The summed E-state index contributed by atoms with van der Waals surface area (Å²) in [5.74, 6) is -0.652. The molecule has 0 fully saturated rings. The summed E-state index contributed by atoms with van der Waals surface area (Å²) in [6.07, 6.45) is 1.18. The van der Waals surface area contributed by atoms with Gasteiger partial charge in [-0.3, -0.25) is 4.79 Å². The lowest BCUT2D eigenvalue weighted by Crippen LogP contribution is -2.29. The molecular formula is C10H15N3O3S. The molecular weight excluding hydrogens is 242 g/mol. The van der Waals surface area contributed by atoms with Gasteiger partial charge in [-0.1, -0.05) is 20.8 Å². The van der Waals surface area contributed by atoms with Crippen LogP contribution < -0.4 is 4.72 Å². The van der Waals surface area contributed by atoms with Crippen molar-refractivity contribution in [2.45, 2.75) is 38.1 Å². The number of nitrogens with one attached hydrogen (secondary N) is 1. The summed E-state index contributed by atoms with van der Waals surface area (Å²) in [6.45, 7) is 6.85. The monoisotopic (exact) mass is 257 g/mol. The van der Waals surface area contributed by atoms with Gasteiger partial charge in [0.05, 0.1) is 5.69 Å². The molecule has 0 spiro atoms. The Morgan fingerprint density at radius 2 is 1.88 bits per heavy atom. The van der Waals surface area contributed by atoms with Crippen molar-refractivity contribution in [2.24, 2.45) is 0 Å². The van der Waals surface area contributed by atoms with E-state index < -0.39 is 15.9 Å². The standard InChI is InChI=1S/C10H15N3O3S/c1-7(14)13-17(15,16)9-5-8(10(2,3)4)11-6-12-9/h5-6H,1-4H3,(H,13,14). The van der Waals surface area contributed by atoms with Gasteiger partial charge in [-0.2, -0.15) is 8.42 Å². The Morgan fingerprint density at radius 1 is 1.29 bits per heavy atom. The lowest BCUT2D eigenvalue weighted by molar-refractivity contribution is -0.117. The van der Waals surface area contributed by atoms with Gasteiger partial charge in [0.15, 0.2) is 5.03 Å². The van der Waals surface area contributed by atoms with Gasteiger partial charge in [-0.05, 0) is 6.07 Å². The number of rotatable bonds is 2. The van der Waals surface area contributed by atoms with Crippen molar-refractivity contribution in [3.63, 3.8) is 0 Å². The summed E-state index contributed by atoms with van der Waals surface area (Å²) < 4.78 is 25.3. The van der Waals surface area contributed by atoms with Gasteiger partial charge in [0.2, 0.25) is 5.91 Å². The average Bonchev–Trinajstić information content (AvgIpc) is 2.14. The molecule has 0 aliphatic heterocycles. The molecule has 1 amide bonds. The third-order valence-corrected chi connectivity index (χ3v) is 3.29. The minimum Gasteiger partial charge on any atom is -0.274 e. The van der Waals surface area contributed by atoms with Crippen molar-refractivity contribution in [3.8, 4) is 0 Å². The zero-order valence-electron chi connectivity index (χ0n) is 10.2. The van der Waals surface area contributed by atoms with E-state index in [0.717, 1.165) is 6.92 Å². The van der Waals surface area contributed by atoms with Gasteiger partial charge in [0.25, 0.3) is 10.0 Å². The smallest absolute Gasteiger partial charge is 0.274 e. The zero-order valence-corrected chi connectivity index (χ0v) is 11.0. The molecule has 1 aromatic rings. The van der Waals surface area contributed by atoms with Crippen molar-refractivity contribution < 1.29 is 13.2 Å². The Hall–Kier alpha value is -1.50. The fraction of sp³-hybridized carbons (Fsp3) is 0.500. The van der Waals surface area contributed by atoms with Crippen LogP contribution in [0.4, 0.5) is 0 Å². The second-order valence-electron chi connectivity index (χ2n) is 4.65. The normalized spacial score (nSPS) is 12.2. The number of hydrogen-bond acceptors (Lipinski definition) is 5. The maximum Gasteiger partial charge on any atom is 0.281 e. The zero-order chi connectivity index (χ0) is 13.3. The Labute approximate surface area is 101 Å². The van der Waals surface area contributed by atoms with Crippen LogP contribution in [0.3, 0.4) is 0 Å². The Bertz CT molecular complexity index is 532. The molecule has 1 N–H and O–H groups in total. The van der Waals surface area contributed by atoms with Gasteiger partial charge >= 0.3 is 0 Å². The lowest BCUT2D eigenvalue weighted by Gasteiger charge is -2.17. The van der Waals surface area contributed by atoms with E-state index in [1.807, 2.05) is 25.5 Å². The second kappa shape index (κ2) is 4.40. The molecule has 7 heteroatoms. The molecule has 17 heavy (non-hydrogen) atoms. The van der Waals surface area contributed by atoms with Crippen molar-refractivity contribution in [3.05, 3.63) is 18.1 Å². The highest BCUT2D eigenvalue weighted by atomic mass is 32.2. The van der Waals surface area contributed by atoms with E-state index >= 15 is 0 Å². The van der Waals surface area contributed by atoms with Crippen LogP contribution in [0, 0.1) is 0 Å². The van der Waals surface area contributed by atoms with Gasteiger partial charge < -0.3 is 0 Å². The van der Waals surface area contributed by atoms with E-state index in [1.54, 1.807) is 0 Å². The van der Waals surface area contributed by atoms with Crippen LogP contribution in [-0.4, -0.2) is 24.3 Å². The molecule has 0 saturated heterocycles. The number of amides is 1. The number of carbonyl (C=O) groups excluding carboxylic acids is 1. The molecule has 1 rings (SSSR count). The van der Waals surface area contributed by atoms with E-state index in [4.69, 9.17) is 0 Å². The Balaban J connectivity index is 3.21. The molecule has 0 aromatic carbocycles. The molecule has 1 heterocycles. The quantitative estimate of drug-likeness (QED) is 0.784. The first-order valence-corrected chi connectivity index (χ1v) is 6.47. The largest absolute Gasteiger partial charge is 0.281 e. The van der Waals surface area contributed by atoms with E-state index in [0.29, 0.717) is 5.69 Å². The third-order valence-electron chi connectivity index (χ3n) is 1.96. The van der Waals surface area contributed by atoms with Crippen molar-refractivity contribution in [1.82, 2.24) is 14.7 Å². The fourth-order valence-corrected chi connectivity index (χ4v) is 2.07. The van der Waals surface area contributed by atoms with Crippen molar-refractivity contribution in [1.29, 1.82) is 0 Å². The van der Waals surface area contributed by atoms with Crippen LogP contribution in [-0.2, 0) is 20.2 Å². The summed E-state index contributed by atoms with van der Waals surface area (Å²) in [6, 6.07) is 1.37. The first-order chi connectivity index (χ1) is 7.63. The van der Waals surface area contributed by atoms with Crippen LogP contribution in [0.2, 0.25) is 0 Å². The van der Waals surface area contributed by atoms with Crippen LogP contribution in [0.25, 0.3) is 0 Å². The first kappa shape index (κ1) is 13.6. The predicted octanol–water partition coefficient (Wildman–Crippen LogP) is 0.599. The van der Waals surface area contributed by atoms with Crippen LogP contribution >= 0.6 is 0 Å². The van der Waals surface area contributed by atoms with Gasteiger partial charge in [-0.25, -0.2) is 14.7 Å². The summed E-state index contributed by atoms with van der Waals surface area (Å²) in [5, 5.41) is -0.201. The number of sulfonamides is 1. The van der Waals surface area contributed by atoms with E-state index in [2.05, 4.69) is 9.97 Å². The van der Waals surface area contributed by atoms with Crippen molar-refractivity contribution in [2.75, 3.05) is 0 Å². The minimum atomic E-state index is -3.89. The maximum atomic E-state index is 11.7. The van der Waals surface area contributed by atoms with Gasteiger partial charge in [0.1, 0.15) is 6.33 Å². The molecule has 1 aromatic heterocycles. The predicted molar refractivity (Wildman–Crippen MR) is 61.7 cm³/mol. The molecule has 0 aliphatic carbocycles. The molecule has 6 nitrogen and oxygen atoms in total. The van der Waals surface area contributed by atoms with E-state index in [1.165, 1.54) is 12.4 Å². The third kappa shape index (κ3) is 3.48. The van der Waals surface area contributed by atoms with Crippen molar-refractivity contribution >= 4 is 15.9 Å². The highest BCUT2D eigenvalue weighted by Crippen LogP contribution is 2.20. The summed E-state index contributed by atoms with van der Waals surface area (Å²) in [5.41, 5.74) is 0.306. The first-order valence-electron chi connectivity index (χ1n) is 4.99. The maximum absolute atomic E-state index is 11.7. The molecule has 0 unspecified atom stereocenters. The Morgan fingerprint density at radius 3 is 2.35 bits per heavy atom. The topological polar surface area (TPSA) is 89.0 Å². The number of carbonyl (C=O) groups is 1. The average molecular weight is 257 g/mol. The van der Waals surface area contributed by atoms with E-state index in [9.17, 15) is 13.2 Å². The molecule has 94 valence electrons. The highest BCUT2D eigenvalue weighted by Gasteiger charge is 2.22. The van der Waals surface area contributed by atoms with Crippen LogP contribution in [0.1, 0.15) is 33.4 Å². The molecule has 0 radical (unpaired) electrons. The SMILES string of the molecule is CC(=O)NS(=O)(=O)c1cc(C(C)(C)C)ncn1. The second-order valence-corrected chi connectivity index (χ2v) is 6.28. The van der Waals surface area contributed by atoms with Gasteiger partial charge in [-0.15, -0.1) is 0 Å². The minimum absolute atomic E-state index is 0.201. The summed E-state index contributed by atoms with van der Waals surface area (Å²) in [4.78, 5) is 18.5. The molecule has 0 bridgehead atoms.